The van der Waals surface area contributed by atoms with Gasteiger partial charge in [0.1, 0.15) is 0 Å². The number of hydrogen-bond acceptors (Lipinski definition) is 2. The van der Waals surface area contributed by atoms with Crippen molar-refractivity contribution in [2.45, 2.75) is 65.3 Å². The van der Waals surface area contributed by atoms with E-state index in [-0.39, 0.29) is 11.1 Å². The fraction of sp³-hybridized carbons (Fsp3) is 0.833. The summed E-state index contributed by atoms with van der Waals surface area (Å²) >= 11 is 17.3. The molecule has 0 aromatic rings. The molecule has 0 heterocycles. The summed E-state index contributed by atoms with van der Waals surface area (Å²) in [5, 5.41) is 0.183. The molecule has 7 heteroatoms. The van der Waals surface area contributed by atoms with Gasteiger partial charge >= 0.3 is 6.25 Å². The van der Waals surface area contributed by atoms with Crippen LogP contribution in [0.5, 0.6) is 0 Å². The maximum absolute atomic E-state index is 6.25. The number of hydrogen-bond donors (Lipinski definition) is 0. The summed E-state index contributed by atoms with van der Waals surface area (Å²) in [5.41, 5.74) is 0. The lowest BCUT2D eigenvalue weighted by Crippen LogP contribution is -2.43. The van der Waals surface area contributed by atoms with Gasteiger partial charge < -0.3 is 8.85 Å². The summed E-state index contributed by atoms with van der Waals surface area (Å²) in [6, 6.07) is 0. The molecule has 0 aliphatic rings. The lowest BCUT2D eigenvalue weighted by Gasteiger charge is -2.38. The molecule has 0 bridgehead atoms. The first-order valence-corrected chi connectivity index (χ1v) is 14.2. The van der Waals surface area contributed by atoms with Crippen LogP contribution in [0.2, 0.25) is 18.1 Å². The van der Waals surface area contributed by atoms with Crippen molar-refractivity contribution in [3.8, 4) is 0 Å². The molecule has 114 valence electrons. The second-order valence-corrected chi connectivity index (χ2v) is 18.6. The summed E-state index contributed by atoms with van der Waals surface area (Å²) in [6.07, 6.45) is -0.587. The van der Waals surface area contributed by atoms with Crippen molar-refractivity contribution in [3.05, 3.63) is 11.8 Å². The van der Waals surface area contributed by atoms with Crippen LogP contribution in [-0.4, -0.2) is 20.7 Å². The van der Waals surface area contributed by atoms with Crippen LogP contribution in [0.3, 0.4) is 0 Å². The molecule has 1 atom stereocenters. The molecular formula is C12H25Cl3O2Si2. The van der Waals surface area contributed by atoms with Crippen LogP contribution in [0.1, 0.15) is 41.0 Å². The highest BCUT2D eigenvalue weighted by molar-refractivity contribution is 7.62. The third kappa shape index (κ3) is 7.97. The third-order valence-corrected chi connectivity index (χ3v) is 9.15. The van der Waals surface area contributed by atoms with Gasteiger partial charge in [0.2, 0.25) is 0 Å². The Kier molecular flexibility index (Phi) is 7.49. The first-order valence-electron chi connectivity index (χ1n) is 6.37. The van der Waals surface area contributed by atoms with Crippen LogP contribution in [0, 0.1) is 0 Å². The Morgan fingerprint density at radius 2 is 1.68 bits per heavy atom. The van der Waals surface area contributed by atoms with Crippen molar-refractivity contribution in [1.29, 1.82) is 0 Å². The van der Waals surface area contributed by atoms with E-state index in [2.05, 4.69) is 33.9 Å². The van der Waals surface area contributed by atoms with E-state index in [1.54, 1.807) is 0 Å². The van der Waals surface area contributed by atoms with Crippen LogP contribution in [0.4, 0.5) is 0 Å². The zero-order valence-corrected chi connectivity index (χ0v) is 17.1. The van der Waals surface area contributed by atoms with Crippen LogP contribution in [0.15, 0.2) is 11.8 Å². The SMILES string of the molecule is C/C=C(/C[C@H](C)O[Si](C)(C)C(C)(C)C)O[Si](Cl)(Cl)Cl. The molecule has 19 heavy (non-hydrogen) atoms. The van der Waals surface area contributed by atoms with E-state index in [9.17, 15) is 0 Å². The molecule has 0 aliphatic carbocycles. The zero-order chi connectivity index (χ0) is 15.5. The van der Waals surface area contributed by atoms with E-state index in [4.69, 9.17) is 42.1 Å². The van der Waals surface area contributed by atoms with Crippen LogP contribution in [0.25, 0.3) is 0 Å². The van der Waals surface area contributed by atoms with Crippen molar-refractivity contribution in [2.24, 2.45) is 0 Å². The highest BCUT2D eigenvalue weighted by Crippen LogP contribution is 2.38. The van der Waals surface area contributed by atoms with Gasteiger partial charge in [-0.15, -0.1) is 0 Å². The van der Waals surface area contributed by atoms with Gasteiger partial charge in [-0.1, -0.05) is 60.1 Å². The monoisotopic (exact) mass is 362 g/mol. The van der Waals surface area contributed by atoms with Gasteiger partial charge in [-0.05, 0) is 32.0 Å². The van der Waals surface area contributed by atoms with E-state index in [0.717, 1.165) is 0 Å². The zero-order valence-electron chi connectivity index (χ0n) is 12.8. The first-order chi connectivity index (χ1) is 8.28. The molecule has 0 radical (unpaired) electrons. The maximum atomic E-state index is 6.25. The molecule has 0 aliphatic heterocycles. The van der Waals surface area contributed by atoms with Crippen molar-refractivity contribution >= 4 is 47.8 Å². The Hall–Kier alpha value is 0.804. The highest BCUT2D eigenvalue weighted by Gasteiger charge is 2.39. The van der Waals surface area contributed by atoms with Gasteiger partial charge in [-0.3, -0.25) is 0 Å². The van der Waals surface area contributed by atoms with E-state index in [1.165, 1.54) is 0 Å². The Labute approximate surface area is 133 Å². The van der Waals surface area contributed by atoms with E-state index >= 15 is 0 Å². The minimum Gasteiger partial charge on any atom is -0.512 e. The molecule has 0 fully saturated rings. The van der Waals surface area contributed by atoms with Crippen molar-refractivity contribution in [2.75, 3.05) is 0 Å². The second-order valence-electron chi connectivity index (χ2n) is 6.20. The van der Waals surface area contributed by atoms with Crippen molar-refractivity contribution < 1.29 is 8.85 Å². The van der Waals surface area contributed by atoms with Gasteiger partial charge in [-0.2, -0.15) is 0 Å². The Balaban J connectivity index is 4.58. The predicted octanol–water partition coefficient (Wildman–Crippen LogP) is 5.86. The second kappa shape index (κ2) is 7.18. The van der Waals surface area contributed by atoms with E-state index < -0.39 is 14.6 Å². The van der Waals surface area contributed by atoms with Crippen LogP contribution in [-0.2, 0) is 8.85 Å². The maximum Gasteiger partial charge on any atom is 0.555 e. The predicted molar refractivity (Wildman–Crippen MR) is 90.5 cm³/mol. The van der Waals surface area contributed by atoms with Gasteiger partial charge in [0, 0.05) is 12.5 Å². The van der Waals surface area contributed by atoms with Crippen molar-refractivity contribution in [3.63, 3.8) is 0 Å². The molecule has 0 rings (SSSR count). The fourth-order valence-electron chi connectivity index (χ4n) is 1.37. The van der Waals surface area contributed by atoms with Gasteiger partial charge in [0.05, 0.1) is 5.76 Å². The molecule has 0 unspecified atom stereocenters. The topological polar surface area (TPSA) is 18.5 Å². The summed E-state index contributed by atoms with van der Waals surface area (Å²) in [4.78, 5) is 0. The summed E-state index contributed by atoms with van der Waals surface area (Å²) in [7, 11) is -1.78. The molecule has 2 nitrogen and oxygen atoms in total. The molecule has 0 spiro atoms. The molecule has 0 aromatic carbocycles. The molecule has 0 saturated heterocycles. The summed E-state index contributed by atoms with van der Waals surface area (Å²) < 4.78 is 11.6. The Morgan fingerprint density at radius 1 is 1.21 bits per heavy atom. The van der Waals surface area contributed by atoms with E-state index in [1.807, 2.05) is 19.9 Å². The van der Waals surface area contributed by atoms with E-state index in [0.29, 0.717) is 12.2 Å². The highest BCUT2D eigenvalue weighted by atomic mass is 35.8. The van der Waals surface area contributed by atoms with Crippen LogP contribution < -0.4 is 0 Å². The standard InChI is InChI=1S/C12H25Cl3O2Si2/c1-8-11(17-19(13,14)15)9-10(2)16-18(6,7)12(3,4)5/h8,10H,9H2,1-7H3/b11-8-/t10-/m0/s1. The minimum absolute atomic E-state index is 0.0495. The summed E-state index contributed by atoms with van der Waals surface area (Å²) in [5.74, 6) is 0.692. The lowest BCUT2D eigenvalue weighted by atomic mass is 10.2. The molecule has 0 N–H and O–H groups in total. The van der Waals surface area contributed by atoms with Crippen molar-refractivity contribution in [1.82, 2.24) is 0 Å². The quantitative estimate of drug-likeness (QED) is 0.334. The lowest BCUT2D eigenvalue weighted by molar-refractivity contribution is 0.185. The van der Waals surface area contributed by atoms with Gasteiger partial charge in [0.25, 0.3) is 0 Å². The smallest absolute Gasteiger partial charge is 0.512 e. The minimum atomic E-state index is -3.10. The molecule has 0 aromatic heterocycles. The molecular weight excluding hydrogens is 339 g/mol. The van der Waals surface area contributed by atoms with Gasteiger partial charge in [-0.25, -0.2) is 0 Å². The Morgan fingerprint density at radius 3 is 2.00 bits per heavy atom. The normalized spacial score (nSPS) is 16.4. The third-order valence-electron chi connectivity index (χ3n) is 3.36. The van der Waals surface area contributed by atoms with Crippen LogP contribution >= 0.6 is 33.2 Å². The largest absolute Gasteiger partial charge is 0.555 e. The summed E-state index contributed by atoms with van der Waals surface area (Å²) in [6.45, 7) is 15.0. The first kappa shape index (κ1) is 19.8. The molecule has 0 amide bonds. The average Bonchev–Trinajstić information content (AvgIpc) is 2.11. The molecule has 0 saturated carbocycles. The fourth-order valence-corrected chi connectivity index (χ4v) is 4.20. The number of allylic oxidation sites excluding steroid dienone is 1. The number of rotatable bonds is 6. The number of halogens is 3. The van der Waals surface area contributed by atoms with Gasteiger partial charge in [0.15, 0.2) is 8.32 Å². The average molecular weight is 364 g/mol. The Bertz CT molecular complexity index is 320.